The molecule has 1 aromatic rings. The molecule has 3 nitrogen and oxygen atoms in total. The van der Waals surface area contributed by atoms with Gasteiger partial charge in [0.1, 0.15) is 0 Å². The maximum Gasteiger partial charge on any atom is 0.337 e. The zero-order valence-electron chi connectivity index (χ0n) is 9.25. The highest BCUT2D eigenvalue weighted by molar-refractivity contribution is 9.10. The lowest BCUT2D eigenvalue weighted by atomic mass is 10.1. The minimum absolute atomic E-state index is 0.279. The zero-order chi connectivity index (χ0) is 12.1. The molecule has 0 saturated heterocycles. The van der Waals surface area contributed by atoms with Gasteiger partial charge in [-0.3, -0.25) is 0 Å². The van der Waals surface area contributed by atoms with Crippen molar-refractivity contribution in [1.29, 1.82) is 0 Å². The average molecular weight is 284 g/mol. The number of carbonyl (C=O) groups is 1. The zero-order valence-corrected chi connectivity index (χ0v) is 10.8. The minimum Gasteiger partial charge on any atom is -0.478 e. The van der Waals surface area contributed by atoms with E-state index in [1.807, 2.05) is 19.9 Å². The molecule has 0 atom stereocenters. The molecule has 0 amide bonds. The summed E-state index contributed by atoms with van der Waals surface area (Å²) < 4.78 is 0.893. The second-order valence-electron chi connectivity index (χ2n) is 3.36. The monoisotopic (exact) mass is 283 g/mol. The number of aromatic carboxylic acids is 1. The van der Waals surface area contributed by atoms with E-state index >= 15 is 0 Å². The van der Waals surface area contributed by atoms with Crippen molar-refractivity contribution in [2.45, 2.75) is 20.3 Å². The van der Waals surface area contributed by atoms with E-state index in [-0.39, 0.29) is 5.56 Å². The lowest BCUT2D eigenvalue weighted by molar-refractivity contribution is 0.0698. The summed E-state index contributed by atoms with van der Waals surface area (Å²) in [6.07, 6.45) is 4.61. The van der Waals surface area contributed by atoms with Crippen LogP contribution in [0.5, 0.6) is 0 Å². The van der Waals surface area contributed by atoms with Gasteiger partial charge in [0, 0.05) is 4.47 Å². The number of hydrogen-bond acceptors (Lipinski definition) is 2. The average Bonchev–Trinajstić information content (AvgIpc) is 2.24. The van der Waals surface area contributed by atoms with Crippen LogP contribution in [0.4, 0.5) is 5.69 Å². The number of benzene rings is 1. The predicted molar refractivity (Wildman–Crippen MR) is 68.9 cm³/mol. The van der Waals surface area contributed by atoms with Gasteiger partial charge in [0.2, 0.25) is 0 Å². The third kappa shape index (κ3) is 2.85. The number of carboxylic acids is 1. The van der Waals surface area contributed by atoms with Gasteiger partial charge in [-0.1, -0.05) is 28.9 Å². The molecule has 0 heterocycles. The lowest BCUT2D eigenvalue weighted by Crippen LogP contribution is -2.04. The smallest absolute Gasteiger partial charge is 0.337 e. The van der Waals surface area contributed by atoms with Crippen molar-refractivity contribution in [3.63, 3.8) is 0 Å². The molecule has 0 bridgehead atoms. The van der Waals surface area contributed by atoms with Gasteiger partial charge < -0.3 is 10.4 Å². The molecule has 1 aromatic carbocycles. The van der Waals surface area contributed by atoms with Crippen LogP contribution in [0.3, 0.4) is 0 Å². The Morgan fingerprint density at radius 2 is 2.25 bits per heavy atom. The molecule has 0 saturated carbocycles. The number of carboxylic acid groups (broad SMARTS) is 1. The molecule has 0 spiro atoms. The van der Waals surface area contributed by atoms with E-state index in [4.69, 9.17) is 5.11 Å². The summed E-state index contributed by atoms with van der Waals surface area (Å²) in [5.41, 5.74) is 1.80. The highest BCUT2D eigenvalue weighted by atomic mass is 79.9. The SMILES string of the molecule is CC/C=C/Nc1c(C(=O)O)ccc(Br)c1C. The van der Waals surface area contributed by atoms with Crippen LogP contribution < -0.4 is 5.32 Å². The Hall–Kier alpha value is -1.29. The Bertz CT molecular complexity index is 427. The molecule has 86 valence electrons. The first-order valence-electron chi connectivity index (χ1n) is 5.01. The summed E-state index contributed by atoms with van der Waals surface area (Å²) in [6.45, 7) is 3.89. The van der Waals surface area contributed by atoms with Crippen LogP contribution in [-0.2, 0) is 0 Å². The molecule has 0 radical (unpaired) electrons. The van der Waals surface area contributed by atoms with E-state index in [0.717, 1.165) is 16.5 Å². The largest absolute Gasteiger partial charge is 0.478 e. The quantitative estimate of drug-likeness (QED) is 0.884. The molecule has 0 aliphatic heterocycles. The van der Waals surface area contributed by atoms with Crippen LogP contribution in [0.25, 0.3) is 0 Å². The second-order valence-corrected chi connectivity index (χ2v) is 4.21. The Morgan fingerprint density at radius 3 is 2.81 bits per heavy atom. The van der Waals surface area contributed by atoms with E-state index in [2.05, 4.69) is 21.2 Å². The third-order valence-electron chi connectivity index (χ3n) is 2.21. The lowest BCUT2D eigenvalue weighted by Gasteiger charge is -2.11. The first-order chi connectivity index (χ1) is 7.57. The topological polar surface area (TPSA) is 49.3 Å². The minimum atomic E-state index is -0.928. The fraction of sp³-hybridized carbons (Fsp3) is 0.250. The number of rotatable bonds is 4. The van der Waals surface area contributed by atoms with Gasteiger partial charge in [0.25, 0.3) is 0 Å². The van der Waals surface area contributed by atoms with Gasteiger partial charge in [0.15, 0.2) is 0 Å². The van der Waals surface area contributed by atoms with E-state index in [1.54, 1.807) is 18.3 Å². The van der Waals surface area contributed by atoms with E-state index in [1.165, 1.54) is 0 Å². The molecule has 0 aliphatic carbocycles. The summed E-state index contributed by atoms with van der Waals surface area (Å²) >= 11 is 3.38. The van der Waals surface area contributed by atoms with E-state index in [0.29, 0.717) is 5.69 Å². The normalized spacial score (nSPS) is 10.7. The van der Waals surface area contributed by atoms with Crippen molar-refractivity contribution in [2.75, 3.05) is 5.32 Å². The molecule has 16 heavy (non-hydrogen) atoms. The molecular weight excluding hydrogens is 270 g/mol. The van der Waals surface area contributed by atoms with Crippen molar-refractivity contribution >= 4 is 27.6 Å². The fourth-order valence-corrected chi connectivity index (χ4v) is 1.64. The van der Waals surface area contributed by atoms with Crippen LogP contribution in [-0.4, -0.2) is 11.1 Å². The van der Waals surface area contributed by atoms with Crippen LogP contribution in [0.1, 0.15) is 29.3 Å². The Balaban J connectivity index is 3.15. The predicted octanol–water partition coefficient (Wildman–Crippen LogP) is 3.79. The van der Waals surface area contributed by atoms with Gasteiger partial charge in [-0.15, -0.1) is 0 Å². The molecule has 4 heteroatoms. The van der Waals surface area contributed by atoms with Gasteiger partial charge in [-0.2, -0.15) is 0 Å². The highest BCUT2D eigenvalue weighted by Gasteiger charge is 2.12. The Kier molecular flexibility index (Phi) is 4.55. The van der Waals surface area contributed by atoms with Crippen molar-refractivity contribution in [2.24, 2.45) is 0 Å². The summed E-state index contributed by atoms with van der Waals surface area (Å²) in [4.78, 5) is 11.0. The molecule has 0 fully saturated rings. The number of nitrogens with one attached hydrogen (secondary N) is 1. The van der Waals surface area contributed by atoms with E-state index in [9.17, 15) is 4.79 Å². The summed E-state index contributed by atoms with van der Waals surface area (Å²) in [5.74, 6) is -0.928. The second kappa shape index (κ2) is 5.70. The molecular formula is C12H14BrNO2. The summed E-state index contributed by atoms with van der Waals surface area (Å²) in [5, 5.41) is 12.1. The molecule has 0 aromatic heterocycles. The number of halogens is 1. The van der Waals surface area contributed by atoms with Crippen LogP contribution in [0.15, 0.2) is 28.9 Å². The van der Waals surface area contributed by atoms with Crippen LogP contribution in [0.2, 0.25) is 0 Å². The summed E-state index contributed by atoms with van der Waals surface area (Å²) in [7, 11) is 0. The maximum absolute atomic E-state index is 11.0. The molecule has 0 unspecified atom stereocenters. The maximum atomic E-state index is 11.0. The highest BCUT2D eigenvalue weighted by Crippen LogP contribution is 2.28. The van der Waals surface area contributed by atoms with Gasteiger partial charge in [-0.05, 0) is 37.2 Å². The standard InChI is InChI=1S/C12H14BrNO2/c1-3-4-7-14-11-8(2)10(13)6-5-9(11)12(15)16/h4-7,14H,3H2,1-2H3,(H,15,16)/b7-4+. The van der Waals surface area contributed by atoms with Crippen molar-refractivity contribution in [3.05, 3.63) is 40.0 Å². The summed E-state index contributed by atoms with van der Waals surface area (Å²) in [6, 6.07) is 3.33. The molecule has 1 rings (SSSR count). The van der Waals surface area contributed by atoms with Crippen LogP contribution in [0, 0.1) is 6.92 Å². The molecule has 0 aliphatic rings. The number of anilines is 1. The molecule has 2 N–H and O–H groups in total. The van der Waals surface area contributed by atoms with Crippen molar-refractivity contribution in [1.82, 2.24) is 0 Å². The van der Waals surface area contributed by atoms with Gasteiger partial charge in [-0.25, -0.2) is 4.79 Å². The van der Waals surface area contributed by atoms with E-state index < -0.39 is 5.97 Å². The Morgan fingerprint density at radius 1 is 1.56 bits per heavy atom. The third-order valence-corrected chi connectivity index (χ3v) is 3.07. The first-order valence-corrected chi connectivity index (χ1v) is 5.81. The van der Waals surface area contributed by atoms with Crippen molar-refractivity contribution < 1.29 is 9.90 Å². The number of allylic oxidation sites excluding steroid dienone is 1. The van der Waals surface area contributed by atoms with Gasteiger partial charge >= 0.3 is 5.97 Å². The van der Waals surface area contributed by atoms with Gasteiger partial charge in [0.05, 0.1) is 11.3 Å². The van der Waals surface area contributed by atoms with Crippen LogP contribution >= 0.6 is 15.9 Å². The van der Waals surface area contributed by atoms with Crippen molar-refractivity contribution in [3.8, 4) is 0 Å². The number of hydrogen-bond donors (Lipinski definition) is 2. The Labute approximate surface area is 103 Å². The fourth-order valence-electron chi connectivity index (χ4n) is 1.31. The first kappa shape index (κ1) is 12.8.